The SMILES string of the molecule is CCOCCCNC(=NCCCOCC1CCOC1)NCCc1ccco1.I. The first-order valence-corrected chi connectivity index (χ1v) is 10.2. The summed E-state index contributed by atoms with van der Waals surface area (Å²) in [7, 11) is 0. The lowest BCUT2D eigenvalue weighted by Crippen LogP contribution is -2.39. The van der Waals surface area contributed by atoms with Crippen molar-refractivity contribution in [3.8, 4) is 0 Å². The summed E-state index contributed by atoms with van der Waals surface area (Å²) in [6, 6.07) is 3.90. The number of ether oxygens (including phenoxy) is 3. The average Bonchev–Trinajstić information content (AvgIpc) is 3.37. The van der Waals surface area contributed by atoms with Crippen LogP contribution in [-0.2, 0) is 20.6 Å². The number of guanidine groups is 1. The molecule has 2 heterocycles. The monoisotopic (exact) mass is 509 g/mol. The van der Waals surface area contributed by atoms with Crippen LogP contribution in [0.2, 0.25) is 0 Å². The van der Waals surface area contributed by atoms with Gasteiger partial charge >= 0.3 is 0 Å². The highest BCUT2D eigenvalue weighted by Crippen LogP contribution is 2.12. The largest absolute Gasteiger partial charge is 0.469 e. The molecule has 0 spiro atoms. The van der Waals surface area contributed by atoms with E-state index in [0.717, 1.165) is 96.7 Å². The van der Waals surface area contributed by atoms with Crippen molar-refractivity contribution in [2.75, 3.05) is 59.3 Å². The van der Waals surface area contributed by atoms with Crippen molar-refractivity contribution in [3.63, 3.8) is 0 Å². The molecule has 0 amide bonds. The number of aliphatic imine (C=N–C) groups is 1. The highest BCUT2D eigenvalue weighted by Gasteiger charge is 2.15. The van der Waals surface area contributed by atoms with Crippen molar-refractivity contribution in [2.45, 2.75) is 32.6 Å². The fourth-order valence-corrected chi connectivity index (χ4v) is 2.78. The molecule has 7 nitrogen and oxygen atoms in total. The summed E-state index contributed by atoms with van der Waals surface area (Å²) in [5.74, 6) is 2.38. The summed E-state index contributed by atoms with van der Waals surface area (Å²) in [6.07, 6.45) is 5.53. The number of hydrogen-bond donors (Lipinski definition) is 2. The van der Waals surface area contributed by atoms with Gasteiger partial charge in [0.15, 0.2) is 5.96 Å². The van der Waals surface area contributed by atoms with Crippen LogP contribution in [0.25, 0.3) is 0 Å². The number of furan rings is 1. The minimum atomic E-state index is 0. The third-order valence-electron chi connectivity index (χ3n) is 4.30. The molecule has 1 atom stereocenters. The zero-order chi connectivity index (χ0) is 19.0. The van der Waals surface area contributed by atoms with Crippen LogP contribution >= 0.6 is 24.0 Å². The van der Waals surface area contributed by atoms with Crippen LogP contribution in [0.15, 0.2) is 27.8 Å². The topological polar surface area (TPSA) is 77.2 Å². The molecule has 28 heavy (non-hydrogen) atoms. The molecule has 8 heteroatoms. The zero-order valence-electron chi connectivity index (χ0n) is 17.0. The third-order valence-corrected chi connectivity index (χ3v) is 4.30. The Hall–Kier alpha value is -0.840. The second-order valence-electron chi connectivity index (χ2n) is 6.62. The van der Waals surface area contributed by atoms with Gasteiger partial charge in [-0.15, -0.1) is 24.0 Å². The van der Waals surface area contributed by atoms with Gasteiger partial charge in [0, 0.05) is 58.4 Å². The smallest absolute Gasteiger partial charge is 0.191 e. The van der Waals surface area contributed by atoms with E-state index in [1.54, 1.807) is 6.26 Å². The number of nitrogens with zero attached hydrogens (tertiary/aromatic N) is 1. The minimum Gasteiger partial charge on any atom is -0.469 e. The lowest BCUT2D eigenvalue weighted by molar-refractivity contribution is 0.0893. The predicted molar refractivity (Wildman–Crippen MR) is 122 cm³/mol. The van der Waals surface area contributed by atoms with Gasteiger partial charge in [-0.25, -0.2) is 0 Å². The van der Waals surface area contributed by atoms with Crippen molar-refractivity contribution in [2.24, 2.45) is 10.9 Å². The molecule has 1 unspecified atom stereocenters. The van der Waals surface area contributed by atoms with Gasteiger partial charge in [-0.3, -0.25) is 4.99 Å². The van der Waals surface area contributed by atoms with Crippen molar-refractivity contribution in [1.82, 2.24) is 10.6 Å². The van der Waals surface area contributed by atoms with Gasteiger partial charge in [-0.05, 0) is 38.3 Å². The number of hydrogen-bond acceptors (Lipinski definition) is 5. The summed E-state index contributed by atoms with van der Waals surface area (Å²) in [5.41, 5.74) is 0. The summed E-state index contributed by atoms with van der Waals surface area (Å²) < 4.78 is 21.8. The lowest BCUT2D eigenvalue weighted by Gasteiger charge is -2.12. The van der Waals surface area contributed by atoms with Crippen molar-refractivity contribution in [3.05, 3.63) is 24.2 Å². The van der Waals surface area contributed by atoms with Crippen molar-refractivity contribution in [1.29, 1.82) is 0 Å². The molecule has 1 aromatic heterocycles. The molecule has 2 rings (SSSR count). The van der Waals surface area contributed by atoms with E-state index in [1.165, 1.54) is 0 Å². The highest BCUT2D eigenvalue weighted by molar-refractivity contribution is 14.0. The maximum atomic E-state index is 5.74. The standard InChI is InChI=1S/C20H35N3O4.HI/c1-2-24-12-4-9-21-20(23-11-7-19-6-3-14-27-19)22-10-5-13-25-16-18-8-15-26-17-18;/h3,6,14,18H,2,4-5,7-13,15-17H2,1H3,(H2,21,22,23);1H. The number of rotatable bonds is 14. The Morgan fingerprint density at radius 2 is 2.07 bits per heavy atom. The maximum absolute atomic E-state index is 5.74. The second-order valence-corrected chi connectivity index (χ2v) is 6.62. The Kier molecular flexibility index (Phi) is 15.3. The molecule has 0 bridgehead atoms. The van der Waals surface area contributed by atoms with Crippen LogP contribution in [0.1, 0.15) is 31.9 Å². The van der Waals surface area contributed by atoms with E-state index in [9.17, 15) is 0 Å². The third kappa shape index (κ3) is 11.9. The van der Waals surface area contributed by atoms with E-state index in [0.29, 0.717) is 5.92 Å². The van der Waals surface area contributed by atoms with E-state index < -0.39 is 0 Å². The predicted octanol–water partition coefficient (Wildman–Crippen LogP) is 2.85. The van der Waals surface area contributed by atoms with Crippen LogP contribution in [0.4, 0.5) is 0 Å². The average molecular weight is 509 g/mol. The molecule has 1 aliphatic heterocycles. The second kappa shape index (κ2) is 17.1. The van der Waals surface area contributed by atoms with E-state index >= 15 is 0 Å². The number of nitrogens with one attached hydrogen (secondary N) is 2. The van der Waals surface area contributed by atoms with Gasteiger partial charge in [-0.2, -0.15) is 0 Å². The van der Waals surface area contributed by atoms with Gasteiger partial charge < -0.3 is 29.3 Å². The minimum absolute atomic E-state index is 0. The molecule has 0 aromatic carbocycles. The van der Waals surface area contributed by atoms with Crippen LogP contribution < -0.4 is 10.6 Å². The molecule has 0 aliphatic carbocycles. The van der Waals surface area contributed by atoms with E-state index in [4.69, 9.17) is 18.6 Å². The molecule has 1 fully saturated rings. The Bertz CT molecular complexity index is 494. The zero-order valence-corrected chi connectivity index (χ0v) is 19.3. The molecule has 1 saturated heterocycles. The first-order valence-electron chi connectivity index (χ1n) is 10.2. The van der Waals surface area contributed by atoms with Crippen LogP contribution in [0, 0.1) is 5.92 Å². The highest BCUT2D eigenvalue weighted by atomic mass is 127. The molecular weight excluding hydrogens is 473 g/mol. The van der Waals surface area contributed by atoms with Gasteiger partial charge in [0.2, 0.25) is 0 Å². The van der Waals surface area contributed by atoms with Crippen molar-refractivity contribution < 1.29 is 18.6 Å². The molecule has 2 N–H and O–H groups in total. The Morgan fingerprint density at radius 3 is 2.82 bits per heavy atom. The quantitative estimate of drug-likeness (QED) is 0.174. The van der Waals surface area contributed by atoms with Crippen LogP contribution in [0.3, 0.4) is 0 Å². The Labute approximate surface area is 186 Å². The normalized spacial score (nSPS) is 16.8. The van der Waals surface area contributed by atoms with E-state index in [-0.39, 0.29) is 24.0 Å². The summed E-state index contributed by atoms with van der Waals surface area (Å²) >= 11 is 0. The number of halogens is 1. The summed E-state index contributed by atoms with van der Waals surface area (Å²) in [5, 5.41) is 6.73. The molecule has 0 saturated carbocycles. The Balaban J connectivity index is 0.00000392. The molecular formula is C20H36IN3O4. The Morgan fingerprint density at radius 1 is 1.21 bits per heavy atom. The van der Waals surface area contributed by atoms with Crippen LogP contribution in [0.5, 0.6) is 0 Å². The fourth-order valence-electron chi connectivity index (χ4n) is 2.78. The summed E-state index contributed by atoms with van der Waals surface area (Å²) in [6.45, 7) is 9.15. The first-order chi connectivity index (χ1) is 13.4. The lowest BCUT2D eigenvalue weighted by atomic mass is 10.1. The van der Waals surface area contributed by atoms with E-state index in [2.05, 4.69) is 15.6 Å². The molecule has 162 valence electrons. The molecule has 1 aromatic rings. The fraction of sp³-hybridized carbons (Fsp3) is 0.750. The molecule has 1 aliphatic rings. The van der Waals surface area contributed by atoms with Gasteiger partial charge in [-0.1, -0.05) is 0 Å². The molecule has 0 radical (unpaired) electrons. The maximum Gasteiger partial charge on any atom is 0.191 e. The first kappa shape index (κ1) is 25.2. The van der Waals surface area contributed by atoms with Gasteiger partial charge in [0.05, 0.1) is 19.5 Å². The summed E-state index contributed by atoms with van der Waals surface area (Å²) in [4.78, 5) is 4.65. The van der Waals surface area contributed by atoms with E-state index in [1.807, 2.05) is 19.1 Å². The van der Waals surface area contributed by atoms with Crippen molar-refractivity contribution >= 4 is 29.9 Å². The van der Waals surface area contributed by atoms with Gasteiger partial charge in [0.25, 0.3) is 0 Å². The van der Waals surface area contributed by atoms with Crippen LogP contribution in [-0.4, -0.2) is 65.2 Å². The van der Waals surface area contributed by atoms with Gasteiger partial charge in [0.1, 0.15) is 5.76 Å².